The van der Waals surface area contributed by atoms with Gasteiger partial charge in [-0.1, -0.05) is 20.3 Å². The number of hydrogen-bond acceptors (Lipinski definition) is 1. The van der Waals surface area contributed by atoms with Crippen LogP contribution in [0, 0.1) is 5.92 Å². The summed E-state index contributed by atoms with van der Waals surface area (Å²) in [5.41, 5.74) is 0.429. The summed E-state index contributed by atoms with van der Waals surface area (Å²) in [6.07, 6.45) is 4.12. The molecule has 60 valence electrons. The van der Waals surface area contributed by atoms with Crippen LogP contribution in [0.1, 0.15) is 40.0 Å². The fraction of sp³-hybridized carbons (Fsp3) is 1.00. The third-order valence-electron chi connectivity index (χ3n) is 2.93. The van der Waals surface area contributed by atoms with Gasteiger partial charge in [-0.05, 0) is 32.2 Å². The lowest BCUT2D eigenvalue weighted by molar-refractivity contribution is 0.206. The zero-order valence-corrected chi connectivity index (χ0v) is 7.41. The van der Waals surface area contributed by atoms with Gasteiger partial charge in [-0.2, -0.15) is 0 Å². The van der Waals surface area contributed by atoms with Crippen molar-refractivity contribution in [1.82, 2.24) is 5.32 Å². The van der Waals surface area contributed by atoms with E-state index in [1.807, 2.05) is 0 Å². The third-order valence-corrected chi connectivity index (χ3v) is 2.93. The van der Waals surface area contributed by atoms with Crippen molar-refractivity contribution in [2.75, 3.05) is 6.54 Å². The van der Waals surface area contributed by atoms with Crippen LogP contribution >= 0.6 is 0 Å². The van der Waals surface area contributed by atoms with Gasteiger partial charge in [0, 0.05) is 5.54 Å². The molecule has 0 aromatic rings. The molecule has 0 spiro atoms. The van der Waals surface area contributed by atoms with Crippen LogP contribution in [0.2, 0.25) is 0 Å². The van der Waals surface area contributed by atoms with E-state index in [-0.39, 0.29) is 0 Å². The molecular weight excluding hydrogens is 122 g/mol. The van der Waals surface area contributed by atoms with E-state index in [0.29, 0.717) is 5.54 Å². The van der Waals surface area contributed by atoms with Gasteiger partial charge in [0.2, 0.25) is 0 Å². The second-order valence-electron chi connectivity index (χ2n) is 3.96. The number of rotatable bonds is 1. The van der Waals surface area contributed by atoms with Crippen LogP contribution in [-0.2, 0) is 0 Å². The van der Waals surface area contributed by atoms with Gasteiger partial charge in [0.25, 0.3) is 0 Å². The molecule has 1 unspecified atom stereocenters. The Morgan fingerprint density at radius 2 is 2.00 bits per heavy atom. The molecule has 1 N–H and O–H groups in total. The standard InChI is InChI=1S/C9H19N/c1-8(2)9(3)6-4-5-7-10-9/h8,10H,4-7H2,1-3H3. The Bertz CT molecular complexity index is 101. The second-order valence-corrected chi connectivity index (χ2v) is 3.96. The van der Waals surface area contributed by atoms with Crippen LogP contribution in [0.3, 0.4) is 0 Å². The lowest BCUT2D eigenvalue weighted by Crippen LogP contribution is -2.49. The molecule has 1 rings (SSSR count). The summed E-state index contributed by atoms with van der Waals surface area (Å²) in [6, 6.07) is 0. The van der Waals surface area contributed by atoms with Crippen LogP contribution in [-0.4, -0.2) is 12.1 Å². The van der Waals surface area contributed by atoms with Crippen molar-refractivity contribution in [3.8, 4) is 0 Å². The van der Waals surface area contributed by atoms with Gasteiger partial charge in [0.1, 0.15) is 0 Å². The first kappa shape index (κ1) is 8.06. The molecule has 0 saturated carbocycles. The van der Waals surface area contributed by atoms with Crippen molar-refractivity contribution in [1.29, 1.82) is 0 Å². The monoisotopic (exact) mass is 141 g/mol. The molecule has 0 aromatic heterocycles. The van der Waals surface area contributed by atoms with Gasteiger partial charge < -0.3 is 5.32 Å². The quantitative estimate of drug-likeness (QED) is 0.590. The van der Waals surface area contributed by atoms with E-state index >= 15 is 0 Å². The zero-order chi connectivity index (χ0) is 7.61. The lowest BCUT2D eigenvalue weighted by Gasteiger charge is -2.38. The summed E-state index contributed by atoms with van der Waals surface area (Å²) < 4.78 is 0. The first-order valence-corrected chi connectivity index (χ1v) is 4.40. The summed E-state index contributed by atoms with van der Waals surface area (Å²) in [5.74, 6) is 0.771. The number of nitrogens with one attached hydrogen (secondary N) is 1. The Morgan fingerprint density at radius 3 is 2.30 bits per heavy atom. The minimum absolute atomic E-state index is 0.429. The Balaban J connectivity index is 2.48. The smallest absolute Gasteiger partial charge is 0.0176 e. The van der Waals surface area contributed by atoms with E-state index < -0.39 is 0 Å². The van der Waals surface area contributed by atoms with Crippen LogP contribution in [0.5, 0.6) is 0 Å². The molecule has 1 heteroatoms. The summed E-state index contributed by atoms with van der Waals surface area (Å²) in [5, 5.41) is 3.59. The minimum Gasteiger partial charge on any atom is -0.311 e. The highest BCUT2D eigenvalue weighted by atomic mass is 15.0. The molecule has 0 aliphatic carbocycles. The highest BCUT2D eigenvalue weighted by Crippen LogP contribution is 2.25. The van der Waals surface area contributed by atoms with E-state index in [1.54, 1.807) is 0 Å². The maximum absolute atomic E-state index is 3.59. The average molecular weight is 141 g/mol. The summed E-state index contributed by atoms with van der Waals surface area (Å²) in [7, 11) is 0. The van der Waals surface area contributed by atoms with Gasteiger partial charge in [0.05, 0.1) is 0 Å². The van der Waals surface area contributed by atoms with Crippen molar-refractivity contribution in [3.63, 3.8) is 0 Å². The fourth-order valence-electron chi connectivity index (χ4n) is 1.57. The van der Waals surface area contributed by atoms with Gasteiger partial charge >= 0.3 is 0 Å². The van der Waals surface area contributed by atoms with Crippen molar-refractivity contribution >= 4 is 0 Å². The Hall–Kier alpha value is -0.0400. The van der Waals surface area contributed by atoms with Crippen molar-refractivity contribution in [2.24, 2.45) is 5.92 Å². The Labute approximate surface area is 64.2 Å². The summed E-state index contributed by atoms with van der Waals surface area (Å²) >= 11 is 0. The Morgan fingerprint density at radius 1 is 1.30 bits per heavy atom. The maximum atomic E-state index is 3.59. The predicted molar refractivity (Wildman–Crippen MR) is 45.1 cm³/mol. The molecule has 1 atom stereocenters. The molecule has 1 aliphatic heterocycles. The van der Waals surface area contributed by atoms with Gasteiger partial charge in [-0.3, -0.25) is 0 Å². The molecule has 1 saturated heterocycles. The Kier molecular flexibility index (Phi) is 2.35. The third kappa shape index (κ3) is 1.51. The molecule has 1 aliphatic rings. The van der Waals surface area contributed by atoms with Gasteiger partial charge in [-0.25, -0.2) is 0 Å². The molecule has 0 aromatic carbocycles. The first-order valence-electron chi connectivity index (χ1n) is 4.40. The topological polar surface area (TPSA) is 12.0 Å². The molecule has 0 amide bonds. The molecule has 10 heavy (non-hydrogen) atoms. The number of hydrogen-bond donors (Lipinski definition) is 1. The van der Waals surface area contributed by atoms with Gasteiger partial charge in [-0.15, -0.1) is 0 Å². The lowest BCUT2D eigenvalue weighted by atomic mass is 9.81. The molecule has 1 heterocycles. The predicted octanol–water partition coefficient (Wildman–Crippen LogP) is 2.17. The molecule has 1 nitrogen and oxygen atoms in total. The SMILES string of the molecule is CC(C)C1(C)CCCCN1. The van der Waals surface area contributed by atoms with Crippen LogP contribution in [0.25, 0.3) is 0 Å². The van der Waals surface area contributed by atoms with Crippen LogP contribution in [0.4, 0.5) is 0 Å². The minimum atomic E-state index is 0.429. The normalized spacial score (nSPS) is 34.8. The fourth-order valence-corrected chi connectivity index (χ4v) is 1.57. The van der Waals surface area contributed by atoms with E-state index in [4.69, 9.17) is 0 Å². The average Bonchev–Trinajstić information content (AvgIpc) is 1.89. The van der Waals surface area contributed by atoms with E-state index in [2.05, 4.69) is 26.1 Å². The maximum Gasteiger partial charge on any atom is 0.0176 e. The van der Waals surface area contributed by atoms with E-state index in [0.717, 1.165) is 5.92 Å². The first-order chi connectivity index (χ1) is 4.65. The largest absolute Gasteiger partial charge is 0.311 e. The molecule has 0 bridgehead atoms. The number of piperidine rings is 1. The molecule has 1 fully saturated rings. The van der Waals surface area contributed by atoms with Crippen LogP contribution < -0.4 is 5.32 Å². The highest BCUT2D eigenvalue weighted by molar-refractivity contribution is 4.88. The van der Waals surface area contributed by atoms with Crippen LogP contribution in [0.15, 0.2) is 0 Å². The summed E-state index contributed by atoms with van der Waals surface area (Å²) in [6.45, 7) is 8.17. The molecular formula is C9H19N. The molecule has 0 radical (unpaired) electrons. The van der Waals surface area contributed by atoms with E-state index in [1.165, 1.54) is 25.8 Å². The van der Waals surface area contributed by atoms with Gasteiger partial charge in [0.15, 0.2) is 0 Å². The van der Waals surface area contributed by atoms with E-state index in [9.17, 15) is 0 Å². The van der Waals surface area contributed by atoms with Crippen molar-refractivity contribution < 1.29 is 0 Å². The highest BCUT2D eigenvalue weighted by Gasteiger charge is 2.28. The van der Waals surface area contributed by atoms with Crippen molar-refractivity contribution in [3.05, 3.63) is 0 Å². The summed E-state index contributed by atoms with van der Waals surface area (Å²) in [4.78, 5) is 0. The zero-order valence-electron chi connectivity index (χ0n) is 7.41. The second kappa shape index (κ2) is 2.91. The van der Waals surface area contributed by atoms with Crippen molar-refractivity contribution in [2.45, 2.75) is 45.6 Å².